The fourth-order valence-electron chi connectivity index (χ4n) is 5.21. The number of nitrogens with one attached hydrogen (secondary N) is 2. The number of benzene rings is 1. The van der Waals surface area contributed by atoms with Crippen molar-refractivity contribution in [3.05, 3.63) is 72.9 Å². The standard InChI is InChI=1S/C34H46F2N4O7/c1-22(2)46-31(42)14-10-5-4-9-13-26-27(15-16-34(35,36)20-45-25-11-7-6-8-12-25)30(18-29(26)41)47-33(44)28(40-32(43)23(3)37)17-24-19-38-21-39-24/h4,6-9,11-12,15-16,19,21-23,26-30,41H,5,10,13-14,17-18,20,37H2,1-3H3,(H,38,39)(H,40,43)/b9-4-,16-15+/t23?,26-,27-,28?,29+,30-/m1/s1. The zero-order valence-corrected chi connectivity index (χ0v) is 27.0. The molecule has 0 aliphatic heterocycles. The van der Waals surface area contributed by atoms with Crippen molar-refractivity contribution < 1.29 is 42.5 Å². The van der Waals surface area contributed by atoms with Crippen LogP contribution in [0.3, 0.4) is 0 Å². The van der Waals surface area contributed by atoms with Crippen molar-refractivity contribution in [3.8, 4) is 5.75 Å². The highest BCUT2D eigenvalue weighted by atomic mass is 19.3. The number of unbranched alkanes of at least 4 members (excludes halogenated alkanes) is 1. The third-order valence-electron chi connectivity index (χ3n) is 7.58. The Morgan fingerprint density at radius 3 is 2.60 bits per heavy atom. The van der Waals surface area contributed by atoms with Crippen molar-refractivity contribution in [2.45, 2.75) is 95.6 Å². The number of nitrogens with two attached hydrogens (primary N) is 1. The number of carbonyl (C=O) groups excluding carboxylic acids is 3. The number of aromatic amines is 1. The molecule has 1 aromatic carbocycles. The van der Waals surface area contributed by atoms with E-state index < -0.39 is 60.5 Å². The van der Waals surface area contributed by atoms with Crippen LogP contribution in [0.2, 0.25) is 0 Å². The Morgan fingerprint density at radius 1 is 1.19 bits per heavy atom. The van der Waals surface area contributed by atoms with Gasteiger partial charge in [0.25, 0.3) is 5.92 Å². The molecule has 2 aromatic rings. The number of hydrogen-bond donors (Lipinski definition) is 4. The van der Waals surface area contributed by atoms with Crippen LogP contribution in [0.1, 0.15) is 58.6 Å². The van der Waals surface area contributed by atoms with Gasteiger partial charge in [-0.2, -0.15) is 8.78 Å². The van der Waals surface area contributed by atoms with Gasteiger partial charge in [0.05, 0.1) is 24.6 Å². The molecular formula is C34H46F2N4O7. The molecule has 11 nitrogen and oxygen atoms in total. The number of ether oxygens (including phenoxy) is 3. The fourth-order valence-corrected chi connectivity index (χ4v) is 5.21. The number of allylic oxidation sites excluding steroid dienone is 2. The molecule has 1 amide bonds. The first-order valence-corrected chi connectivity index (χ1v) is 15.9. The number of imidazole rings is 1. The molecule has 47 heavy (non-hydrogen) atoms. The lowest BCUT2D eigenvalue weighted by molar-refractivity contribution is -0.154. The quantitative estimate of drug-likeness (QED) is 0.105. The molecular weight excluding hydrogens is 614 g/mol. The summed E-state index contributed by atoms with van der Waals surface area (Å²) in [6.07, 6.45) is 8.25. The van der Waals surface area contributed by atoms with E-state index in [2.05, 4.69) is 15.3 Å². The number of amides is 1. The summed E-state index contributed by atoms with van der Waals surface area (Å²) in [5, 5.41) is 13.6. The normalized spacial score (nSPS) is 21.2. The van der Waals surface area contributed by atoms with Gasteiger partial charge in [-0.25, -0.2) is 9.78 Å². The molecule has 1 aromatic heterocycles. The predicted molar refractivity (Wildman–Crippen MR) is 170 cm³/mol. The van der Waals surface area contributed by atoms with Gasteiger partial charge >= 0.3 is 11.9 Å². The number of alkyl halides is 2. The lowest BCUT2D eigenvalue weighted by Crippen LogP contribution is -2.49. The molecule has 2 unspecified atom stereocenters. The van der Waals surface area contributed by atoms with E-state index in [0.717, 1.165) is 6.08 Å². The summed E-state index contributed by atoms with van der Waals surface area (Å²) in [5.41, 5.74) is 6.25. The Kier molecular flexibility index (Phi) is 14.5. The predicted octanol–water partition coefficient (Wildman–Crippen LogP) is 4.03. The van der Waals surface area contributed by atoms with E-state index in [9.17, 15) is 28.3 Å². The molecule has 1 aliphatic carbocycles. The van der Waals surface area contributed by atoms with E-state index in [-0.39, 0.29) is 31.3 Å². The molecule has 1 aliphatic rings. The van der Waals surface area contributed by atoms with Crippen molar-refractivity contribution in [1.29, 1.82) is 0 Å². The number of rotatable bonds is 18. The molecule has 0 spiro atoms. The van der Waals surface area contributed by atoms with E-state index in [1.165, 1.54) is 25.5 Å². The van der Waals surface area contributed by atoms with Gasteiger partial charge in [0.1, 0.15) is 17.9 Å². The molecule has 6 atom stereocenters. The Balaban J connectivity index is 1.74. The maximum atomic E-state index is 15.0. The van der Waals surface area contributed by atoms with Gasteiger partial charge < -0.3 is 35.4 Å². The van der Waals surface area contributed by atoms with Crippen molar-refractivity contribution in [1.82, 2.24) is 15.3 Å². The smallest absolute Gasteiger partial charge is 0.329 e. The van der Waals surface area contributed by atoms with Crippen LogP contribution >= 0.6 is 0 Å². The summed E-state index contributed by atoms with van der Waals surface area (Å²) in [4.78, 5) is 44.4. The van der Waals surface area contributed by atoms with Crippen molar-refractivity contribution in [3.63, 3.8) is 0 Å². The number of aliphatic hydroxyl groups is 1. The van der Waals surface area contributed by atoms with Crippen LogP contribution in [0.25, 0.3) is 0 Å². The monoisotopic (exact) mass is 660 g/mol. The molecule has 0 bridgehead atoms. The Bertz CT molecular complexity index is 1320. The Hall–Kier alpha value is -4.10. The third kappa shape index (κ3) is 12.9. The van der Waals surface area contributed by atoms with E-state index in [1.54, 1.807) is 44.2 Å². The minimum atomic E-state index is -3.36. The Morgan fingerprint density at radius 2 is 1.94 bits per heavy atom. The number of nitrogens with zero attached hydrogens (tertiary/aromatic N) is 1. The summed E-state index contributed by atoms with van der Waals surface area (Å²) in [5.74, 6) is -6.06. The highest BCUT2D eigenvalue weighted by Gasteiger charge is 2.44. The Labute approximate surface area is 273 Å². The van der Waals surface area contributed by atoms with Gasteiger partial charge in [-0.1, -0.05) is 36.4 Å². The minimum absolute atomic E-state index is 0.00436. The molecule has 3 rings (SSSR count). The highest BCUT2D eigenvalue weighted by molar-refractivity contribution is 5.87. The van der Waals surface area contributed by atoms with Crippen LogP contribution in [0, 0.1) is 11.8 Å². The summed E-state index contributed by atoms with van der Waals surface area (Å²) in [6, 6.07) is 6.20. The molecule has 0 saturated heterocycles. The number of para-hydroxylation sites is 1. The third-order valence-corrected chi connectivity index (χ3v) is 7.58. The second-order valence-electron chi connectivity index (χ2n) is 12.0. The first kappa shape index (κ1) is 37.4. The molecule has 1 heterocycles. The summed E-state index contributed by atoms with van der Waals surface area (Å²) >= 11 is 0. The molecule has 258 valence electrons. The average Bonchev–Trinajstić information content (AvgIpc) is 3.63. The van der Waals surface area contributed by atoms with Crippen LogP contribution in [0.15, 0.2) is 67.2 Å². The SMILES string of the molecule is CC(C)OC(=O)CCC/C=C\C[C@@H]1[C@@H](/C=C/C(F)(F)COc2ccccc2)[C@H](OC(=O)C(Cc2cnc[nH]2)NC(=O)C(C)N)C[C@@H]1O. The van der Waals surface area contributed by atoms with Gasteiger partial charge in [-0.3, -0.25) is 9.59 Å². The van der Waals surface area contributed by atoms with Crippen LogP contribution in [0.4, 0.5) is 8.78 Å². The number of hydrogen-bond acceptors (Lipinski definition) is 9. The van der Waals surface area contributed by atoms with Crippen LogP contribution < -0.4 is 15.8 Å². The zero-order chi connectivity index (χ0) is 34.4. The minimum Gasteiger partial charge on any atom is -0.487 e. The lowest BCUT2D eigenvalue weighted by Gasteiger charge is -2.25. The van der Waals surface area contributed by atoms with E-state index in [4.69, 9.17) is 19.9 Å². The number of carbonyl (C=O) groups is 3. The van der Waals surface area contributed by atoms with Crippen molar-refractivity contribution >= 4 is 17.8 Å². The number of aliphatic hydroxyl groups excluding tert-OH is 1. The highest BCUT2D eigenvalue weighted by Crippen LogP contribution is 2.39. The second kappa shape index (κ2) is 18.3. The maximum absolute atomic E-state index is 15.0. The van der Waals surface area contributed by atoms with Crippen LogP contribution in [-0.4, -0.2) is 75.8 Å². The average molecular weight is 661 g/mol. The molecule has 5 N–H and O–H groups in total. The first-order valence-electron chi connectivity index (χ1n) is 15.9. The fraction of sp³-hybridized carbons (Fsp3) is 0.529. The molecule has 1 saturated carbocycles. The second-order valence-corrected chi connectivity index (χ2v) is 12.0. The largest absolute Gasteiger partial charge is 0.487 e. The molecule has 0 radical (unpaired) electrons. The number of H-pyrrole nitrogens is 1. The molecule has 13 heteroatoms. The van der Waals surface area contributed by atoms with Gasteiger partial charge in [0.15, 0.2) is 6.61 Å². The van der Waals surface area contributed by atoms with E-state index in [0.29, 0.717) is 30.7 Å². The van der Waals surface area contributed by atoms with Crippen LogP contribution in [-0.2, 0) is 30.3 Å². The van der Waals surface area contributed by atoms with E-state index >= 15 is 0 Å². The first-order chi connectivity index (χ1) is 22.3. The summed E-state index contributed by atoms with van der Waals surface area (Å²) in [7, 11) is 0. The van der Waals surface area contributed by atoms with Crippen LogP contribution in [0.5, 0.6) is 5.75 Å². The summed E-state index contributed by atoms with van der Waals surface area (Å²) in [6.45, 7) is 4.12. The van der Waals surface area contributed by atoms with Crippen molar-refractivity contribution in [2.24, 2.45) is 17.6 Å². The lowest BCUT2D eigenvalue weighted by atomic mass is 9.89. The number of halogens is 2. The van der Waals surface area contributed by atoms with Gasteiger partial charge in [-0.05, 0) is 64.2 Å². The van der Waals surface area contributed by atoms with Crippen molar-refractivity contribution in [2.75, 3.05) is 6.61 Å². The summed E-state index contributed by atoms with van der Waals surface area (Å²) < 4.78 is 46.2. The number of esters is 2. The zero-order valence-electron chi connectivity index (χ0n) is 27.0. The van der Waals surface area contributed by atoms with Gasteiger partial charge in [0.2, 0.25) is 5.91 Å². The maximum Gasteiger partial charge on any atom is 0.329 e. The topological polar surface area (TPSA) is 166 Å². The molecule has 1 fully saturated rings. The van der Waals surface area contributed by atoms with Gasteiger partial charge in [-0.15, -0.1) is 0 Å². The van der Waals surface area contributed by atoms with E-state index in [1.807, 2.05) is 12.2 Å². The van der Waals surface area contributed by atoms with Gasteiger partial charge in [0, 0.05) is 37.1 Å². The number of aromatic nitrogens is 2.